The predicted molar refractivity (Wildman–Crippen MR) is 38.8 cm³/mol. The summed E-state index contributed by atoms with van der Waals surface area (Å²) in [6, 6.07) is 0.0373. The maximum absolute atomic E-state index is 12.0. The molecule has 0 spiro atoms. The highest BCUT2D eigenvalue weighted by Gasteiger charge is 2.09. The van der Waals surface area contributed by atoms with Crippen molar-refractivity contribution in [2.75, 3.05) is 7.05 Å². The van der Waals surface area contributed by atoms with Gasteiger partial charge in [0.25, 0.3) is 0 Å². The zero-order valence-corrected chi connectivity index (χ0v) is 6.60. The van der Waals surface area contributed by atoms with Gasteiger partial charge in [-0.1, -0.05) is 0 Å². The van der Waals surface area contributed by atoms with E-state index < -0.39 is 6.67 Å². The zero-order valence-electron chi connectivity index (χ0n) is 6.60. The molecule has 1 aromatic rings. The number of nitrogens with one attached hydrogen (secondary N) is 1. The van der Waals surface area contributed by atoms with Crippen LogP contribution in [0.2, 0.25) is 0 Å². The van der Waals surface area contributed by atoms with Gasteiger partial charge in [-0.3, -0.25) is 0 Å². The van der Waals surface area contributed by atoms with Crippen LogP contribution in [0.25, 0.3) is 0 Å². The molecule has 3 nitrogen and oxygen atoms in total. The lowest BCUT2D eigenvalue weighted by atomic mass is 10.3. The van der Waals surface area contributed by atoms with E-state index in [-0.39, 0.29) is 11.8 Å². The van der Waals surface area contributed by atoms with Crippen molar-refractivity contribution in [1.82, 2.24) is 10.3 Å². The first-order valence-corrected chi connectivity index (χ1v) is 3.45. The van der Waals surface area contributed by atoms with Crippen LogP contribution in [0.3, 0.4) is 0 Å². The highest BCUT2D eigenvalue weighted by atomic mass is 19.1. The first-order valence-electron chi connectivity index (χ1n) is 3.45. The molecule has 1 atom stereocenters. The van der Waals surface area contributed by atoms with E-state index in [9.17, 15) is 4.39 Å². The quantitative estimate of drug-likeness (QED) is 0.723. The van der Waals surface area contributed by atoms with Gasteiger partial charge in [0.05, 0.1) is 12.2 Å². The summed E-state index contributed by atoms with van der Waals surface area (Å²) in [5.41, 5.74) is 0. The van der Waals surface area contributed by atoms with Crippen molar-refractivity contribution < 1.29 is 8.81 Å². The van der Waals surface area contributed by atoms with E-state index >= 15 is 0 Å². The van der Waals surface area contributed by atoms with Crippen molar-refractivity contribution in [3.05, 3.63) is 17.8 Å². The molecule has 0 bridgehead atoms. The highest BCUT2D eigenvalue weighted by Crippen LogP contribution is 2.12. The Bertz CT molecular complexity index is 224. The normalized spacial score (nSPS) is 13.4. The van der Waals surface area contributed by atoms with Crippen LogP contribution in [-0.4, -0.2) is 12.0 Å². The Labute approximate surface area is 64.6 Å². The largest absolute Gasteiger partial charge is 0.441 e. The minimum absolute atomic E-state index is 0.0373. The fourth-order valence-corrected chi connectivity index (χ4v) is 0.708. The predicted octanol–water partition coefficient (Wildman–Crippen LogP) is 1.42. The molecule has 4 heteroatoms. The molecule has 1 aromatic heterocycles. The standard InChI is InChI=1S/C7H11FN2O/c1-5(9-2)7-10-4-6(3-8)11-7/h4-5,9H,3H2,1-2H3. The van der Waals surface area contributed by atoms with Crippen molar-refractivity contribution in [2.45, 2.75) is 19.6 Å². The Morgan fingerprint density at radius 3 is 3.00 bits per heavy atom. The number of hydrogen-bond donors (Lipinski definition) is 1. The topological polar surface area (TPSA) is 38.1 Å². The Morgan fingerprint density at radius 1 is 1.82 bits per heavy atom. The van der Waals surface area contributed by atoms with E-state index in [1.165, 1.54) is 6.20 Å². The lowest BCUT2D eigenvalue weighted by molar-refractivity contribution is 0.355. The Hall–Kier alpha value is -0.900. The minimum atomic E-state index is -0.594. The summed E-state index contributed by atoms with van der Waals surface area (Å²) in [6.07, 6.45) is 1.41. The first kappa shape index (κ1) is 8.20. The van der Waals surface area contributed by atoms with E-state index in [4.69, 9.17) is 4.42 Å². The maximum atomic E-state index is 12.0. The number of nitrogens with zero attached hydrogens (tertiary/aromatic N) is 1. The zero-order chi connectivity index (χ0) is 8.27. The second-order valence-corrected chi connectivity index (χ2v) is 2.31. The van der Waals surface area contributed by atoms with Crippen molar-refractivity contribution in [1.29, 1.82) is 0 Å². The molecule has 1 heterocycles. The molecule has 0 aliphatic carbocycles. The molecule has 0 saturated heterocycles. The van der Waals surface area contributed by atoms with Gasteiger partial charge in [-0.15, -0.1) is 0 Å². The second-order valence-electron chi connectivity index (χ2n) is 2.31. The van der Waals surface area contributed by atoms with E-state index in [1.807, 2.05) is 6.92 Å². The fourth-order valence-electron chi connectivity index (χ4n) is 0.708. The molecule has 1 rings (SSSR count). The van der Waals surface area contributed by atoms with E-state index in [1.54, 1.807) is 7.05 Å². The van der Waals surface area contributed by atoms with Gasteiger partial charge in [-0.05, 0) is 14.0 Å². The molecule has 0 radical (unpaired) electrons. The van der Waals surface area contributed by atoms with Gasteiger partial charge in [-0.2, -0.15) is 0 Å². The average Bonchev–Trinajstić information content (AvgIpc) is 2.50. The van der Waals surface area contributed by atoms with Crippen LogP contribution in [0.15, 0.2) is 10.6 Å². The molecule has 0 saturated carbocycles. The van der Waals surface area contributed by atoms with Gasteiger partial charge >= 0.3 is 0 Å². The third kappa shape index (κ3) is 1.77. The molecule has 1 N–H and O–H groups in total. The van der Waals surface area contributed by atoms with Crippen LogP contribution in [0, 0.1) is 0 Å². The minimum Gasteiger partial charge on any atom is -0.441 e. The lowest BCUT2D eigenvalue weighted by Gasteiger charge is -2.02. The van der Waals surface area contributed by atoms with Gasteiger partial charge < -0.3 is 9.73 Å². The van der Waals surface area contributed by atoms with Crippen molar-refractivity contribution in [2.24, 2.45) is 0 Å². The molecule has 0 aliphatic heterocycles. The average molecular weight is 158 g/mol. The Balaban J connectivity index is 2.71. The summed E-state index contributed by atoms with van der Waals surface area (Å²) in [5.74, 6) is 0.808. The van der Waals surface area contributed by atoms with E-state index in [0.717, 1.165) is 0 Å². The Morgan fingerprint density at radius 2 is 2.55 bits per heavy atom. The third-order valence-electron chi connectivity index (χ3n) is 1.51. The van der Waals surface area contributed by atoms with Crippen molar-refractivity contribution >= 4 is 0 Å². The molecule has 0 aromatic carbocycles. The summed E-state index contributed by atoms with van der Waals surface area (Å²) in [4.78, 5) is 3.89. The molecule has 62 valence electrons. The molecule has 0 amide bonds. The Kier molecular flexibility index (Phi) is 2.59. The number of hydrogen-bond acceptors (Lipinski definition) is 3. The molecule has 0 aliphatic rings. The van der Waals surface area contributed by atoms with Gasteiger partial charge in [-0.25, -0.2) is 9.37 Å². The summed E-state index contributed by atoms with van der Waals surface area (Å²) in [5, 5.41) is 2.94. The van der Waals surface area contributed by atoms with Crippen molar-refractivity contribution in [3.63, 3.8) is 0 Å². The number of halogens is 1. The summed E-state index contributed by atoms with van der Waals surface area (Å²) in [7, 11) is 1.80. The number of rotatable bonds is 3. The number of alkyl halides is 1. The molecule has 0 fully saturated rings. The highest BCUT2D eigenvalue weighted by molar-refractivity contribution is 4.95. The van der Waals surface area contributed by atoms with Gasteiger partial charge in [0.1, 0.15) is 6.67 Å². The van der Waals surface area contributed by atoms with Crippen LogP contribution in [-0.2, 0) is 6.67 Å². The smallest absolute Gasteiger partial charge is 0.211 e. The fraction of sp³-hybridized carbons (Fsp3) is 0.571. The first-order chi connectivity index (χ1) is 5.27. The van der Waals surface area contributed by atoms with Gasteiger partial charge in [0.2, 0.25) is 5.89 Å². The monoisotopic (exact) mass is 158 g/mol. The van der Waals surface area contributed by atoms with Gasteiger partial charge in [0, 0.05) is 0 Å². The molecule has 1 unspecified atom stereocenters. The lowest BCUT2D eigenvalue weighted by Crippen LogP contribution is -2.12. The number of aromatic nitrogens is 1. The van der Waals surface area contributed by atoms with Crippen LogP contribution < -0.4 is 5.32 Å². The summed E-state index contributed by atoms with van der Waals surface area (Å²) in [6.45, 7) is 1.30. The second kappa shape index (κ2) is 3.48. The van der Waals surface area contributed by atoms with Gasteiger partial charge in [0.15, 0.2) is 5.76 Å². The van der Waals surface area contributed by atoms with Crippen LogP contribution in [0.5, 0.6) is 0 Å². The van der Waals surface area contributed by atoms with E-state index in [2.05, 4.69) is 10.3 Å². The molecule has 11 heavy (non-hydrogen) atoms. The van der Waals surface area contributed by atoms with E-state index in [0.29, 0.717) is 5.89 Å². The van der Waals surface area contributed by atoms with Crippen LogP contribution in [0.4, 0.5) is 4.39 Å². The maximum Gasteiger partial charge on any atom is 0.211 e. The summed E-state index contributed by atoms with van der Waals surface area (Å²) >= 11 is 0. The van der Waals surface area contributed by atoms with Crippen LogP contribution in [0.1, 0.15) is 24.6 Å². The third-order valence-corrected chi connectivity index (χ3v) is 1.51. The summed E-state index contributed by atoms with van der Waals surface area (Å²) < 4.78 is 17.0. The molecular formula is C7H11FN2O. The van der Waals surface area contributed by atoms with Crippen molar-refractivity contribution in [3.8, 4) is 0 Å². The number of oxazole rings is 1. The molecular weight excluding hydrogens is 147 g/mol. The van der Waals surface area contributed by atoms with Crippen LogP contribution >= 0.6 is 0 Å². The SMILES string of the molecule is CNC(C)c1ncc(CF)o1.